The summed E-state index contributed by atoms with van der Waals surface area (Å²) < 4.78 is 1.45. The summed E-state index contributed by atoms with van der Waals surface area (Å²) >= 11 is 0. The maximum Gasteiger partial charge on any atom is 0.129 e. The normalized spacial score (nSPS) is 8.25. The number of aryl methyl sites for hydroxylation is 1. The lowest BCUT2D eigenvalue weighted by atomic mass is 10.3. The van der Waals surface area contributed by atoms with E-state index in [1.165, 1.54) is 4.57 Å². The van der Waals surface area contributed by atoms with Crippen LogP contribution in [0.15, 0.2) is 18.3 Å². The lowest BCUT2D eigenvalue weighted by Crippen LogP contribution is -2.17. The molecular weight excluding hydrogens is 150 g/mol. The number of nitrogens with one attached hydrogen (secondary N) is 2. The molecule has 0 amide bonds. The Morgan fingerprint density at radius 2 is 1.92 bits per heavy atom. The van der Waals surface area contributed by atoms with Crippen LogP contribution in [0.3, 0.4) is 0 Å². The van der Waals surface area contributed by atoms with Crippen LogP contribution in [-0.2, 0) is 0 Å². The molecule has 2 N–H and O–H groups in total. The first-order chi connectivity index (χ1) is 5.74. The molecule has 1 aromatic heterocycles. The van der Waals surface area contributed by atoms with Crippen LogP contribution in [0.4, 0.5) is 0 Å². The second-order valence-electron chi connectivity index (χ2n) is 2.13. The third-order valence-corrected chi connectivity index (χ3v) is 1.26. The average Bonchev–Trinajstić information content (AvgIpc) is 2.13. The van der Waals surface area contributed by atoms with Gasteiger partial charge in [0.25, 0.3) is 0 Å². The van der Waals surface area contributed by atoms with E-state index < -0.39 is 0 Å². The summed E-state index contributed by atoms with van der Waals surface area (Å²) in [6.07, 6.45) is 2.87. The highest BCUT2D eigenvalue weighted by Gasteiger charge is 1.86. The first-order valence-corrected chi connectivity index (χ1v) is 3.98. The maximum atomic E-state index is 7.28. The lowest BCUT2D eigenvalue weighted by molar-refractivity contribution is 0.975. The SMILES string of the molecule is CC.Cc1ccc(=N)n(C=N)c1. The van der Waals surface area contributed by atoms with E-state index in [4.69, 9.17) is 10.8 Å². The van der Waals surface area contributed by atoms with Crippen LogP contribution in [0.25, 0.3) is 0 Å². The molecular formula is C9H15N3. The summed E-state index contributed by atoms with van der Waals surface area (Å²) in [5, 5.41) is 14.2. The van der Waals surface area contributed by atoms with Crippen molar-refractivity contribution in [3.8, 4) is 0 Å². The molecule has 0 aliphatic heterocycles. The average molecular weight is 165 g/mol. The van der Waals surface area contributed by atoms with Gasteiger partial charge in [-0.3, -0.25) is 15.4 Å². The number of hydrogen-bond acceptors (Lipinski definition) is 2. The molecule has 0 aromatic carbocycles. The van der Waals surface area contributed by atoms with Gasteiger partial charge >= 0.3 is 0 Å². The smallest absolute Gasteiger partial charge is 0.129 e. The molecule has 0 fully saturated rings. The number of pyridine rings is 1. The summed E-state index contributed by atoms with van der Waals surface area (Å²) in [7, 11) is 0. The minimum atomic E-state index is 0.334. The topological polar surface area (TPSA) is 52.6 Å². The summed E-state index contributed by atoms with van der Waals surface area (Å²) in [6.45, 7) is 5.93. The van der Waals surface area contributed by atoms with Gasteiger partial charge in [-0.15, -0.1) is 0 Å². The molecule has 66 valence electrons. The van der Waals surface area contributed by atoms with Crippen molar-refractivity contribution >= 4 is 6.34 Å². The Labute approximate surface area is 72.7 Å². The highest BCUT2D eigenvalue weighted by molar-refractivity contribution is 5.53. The Kier molecular flexibility index (Phi) is 4.69. The van der Waals surface area contributed by atoms with Crippen molar-refractivity contribution in [3.63, 3.8) is 0 Å². The third-order valence-electron chi connectivity index (χ3n) is 1.26. The Bertz CT molecular complexity index is 299. The fourth-order valence-corrected chi connectivity index (χ4v) is 0.735. The van der Waals surface area contributed by atoms with E-state index in [0.717, 1.165) is 11.9 Å². The van der Waals surface area contributed by atoms with E-state index in [2.05, 4.69) is 0 Å². The summed E-state index contributed by atoms with van der Waals surface area (Å²) in [5.41, 5.74) is 1.39. The molecule has 3 nitrogen and oxygen atoms in total. The Morgan fingerprint density at radius 1 is 1.33 bits per heavy atom. The lowest BCUT2D eigenvalue weighted by Gasteiger charge is -1.97. The maximum absolute atomic E-state index is 7.28. The third kappa shape index (κ3) is 2.70. The predicted octanol–water partition coefficient (Wildman–Crippen LogP) is 1.76. The summed E-state index contributed by atoms with van der Waals surface area (Å²) in [6, 6.07) is 3.52. The van der Waals surface area contributed by atoms with E-state index in [1.54, 1.807) is 12.3 Å². The zero-order valence-corrected chi connectivity index (χ0v) is 7.76. The van der Waals surface area contributed by atoms with Crippen molar-refractivity contribution < 1.29 is 0 Å². The van der Waals surface area contributed by atoms with Crippen molar-refractivity contribution in [1.29, 1.82) is 10.8 Å². The minimum absolute atomic E-state index is 0.334. The fraction of sp³-hybridized carbons (Fsp3) is 0.333. The van der Waals surface area contributed by atoms with Crippen LogP contribution in [0.1, 0.15) is 19.4 Å². The molecule has 0 radical (unpaired) electrons. The van der Waals surface area contributed by atoms with Crippen molar-refractivity contribution in [3.05, 3.63) is 29.4 Å². The van der Waals surface area contributed by atoms with Gasteiger partial charge in [-0.1, -0.05) is 19.9 Å². The van der Waals surface area contributed by atoms with Crippen molar-refractivity contribution in [1.82, 2.24) is 4.57 Å². The largest absolute Gasteiger partial charge is 0.293 e. The highest BCUT2D eigenvalue weighted by Crippen LogP contribution is 1.88. The molecule has 1 aromatic rings. The van der Waals surface area contributed by atoms with E-state index in [0.29, 0.717) is 5.49 Å². The monoisotopic (exact) mass is 165 g/mol. The first-order valence-electron chi connectivity index (χ1n) is 3.98. The fourth-order valence-electron chi connectivity index (χ4n) is 0.735. The number of aromatic nitrogens is 1. The van der Waals surface area contributed by atoms with Crippen LogP contribution in [0.2, 0.25) is 0 Å². The van der Waals surface area contributed by atoms with Gasteiger partial charge in [-0.05, 0) is 18.6 Å². The Hall–Kier alpha value is -1.38. The standard InChI is InChI=1S/C7H9N3.C2H6/c1-6-2-3-7(9)10(4-6)5-8;1-2/h2-5,8-9H,1H3;1-2H3. The Balaban J connectivity index is 0.000000561. The molecule has 12 heavy (non-hydrogen) atoms. The Morgan fingerprint density at radius 3 is 2.33 bits per heavy atom. The molecule has 0 atom stereocenters. The summed E-state index contributed by atoms with van der Waals surface area (Å²) in [5.74, 6) is 0. The van der Waals surface area contributed by atoms with Gasteiger partial charge in [0, 0.05) is 6.20 Å². The number of nitrogens with zero attached hydrogens (tertiary/aromatic N) is 1. The molecule has 0 saturated heterocycles. The summed E-state index contributed by atoms with van der Waals surface area (Å²) in [4.78, 5) is 0. The molecule has 1 heterocycles. The van der Waals surface area contributed by atoms with Crippen molar-refractivity contribution in [2.24, 2.45) is 0 Å². The van der Waals surface area contributed by atoms with Gasteiger partial charge in [0.15, 0.2) is 0 Å². The number of hydrogen-bond donors (Lipinski definition) is 2. The van der Waals surface area contributed by atoms with Gasteiger partial charge in [0.2, 0.25) is 0 Å². The van der Waals surface area contributed by atoms with Gasteiger partial charge < -0.3 is 0 Å². The molecule has 3 heteroatoms. The van der Waals surface area contributed by atoms with Crippen LogP contribution in [0, 0.1) is 17.7 Å². The van der Waals surface area contributed by atoms with E-state index in [1.807, 2.05) is 26.8 Å². The molecule has 0 spiro atoms. The number of rotatable bonds is 1. The zero-order valence-electron chi connectivity index (χ0n) is 7.76. The minimum Gasteiger partial charge on any atom is -0.293 e. The van der Waals surface area contributed by atoms with Gasteiger partial charge in [0.05, 0.1) is 6.34 Å². The molecule has 1 rings (SSSR count). The molecule has 0 saturated carbocycles. The van der Waals surface area contributed by atoms with Crippen LogP contribution in [-0.4, -0.2) is 10.9 Å². The second-order valence-corrected chi connectivity index (χ2v) is 2.13. The predicted molar refractivity (Wildman–Crippen MR) is 50.6 cm³/mol. The first kappa shape index (κ1) is 10.6. The zero-order chi connectivity index (χ0) is 9.56. The van der Waals surface area contributed by atoms with E-state index in [-0.39, 0.29) is 0 Å². The van der Waals surface area contributed by atoms with Gasteiger partial charge in [0.1, 0.15) is 5.49 Å². The van der Waals surface area contributed by atoms with Crippen LogP contribution < -0.4 is 5.49 Å². The van der Waals surface area contributed by atoms with Crippen molar-refractivity contribution in [2.75, 3.05) is 0 Å². The van der Waals surface area contributed by atoms with Crippen LogP contribution >= 0.6 is 0 Å². The molecule has 0 aliphatic rings. The molecule has 0 unspecified atom stereocenters. The van der Waals surface area contributed by atoms with Crippen molar-refractivity contribution in [2.45, 2.75) is 20.8 Å². The van der Waals surface area contributed by atoms with E-state index >= 15 is 0 Å². The van der Waals surface area contributed by atoms with Gasteiger partial charge in [-0.25, -0.2) is 0 Å². The molecule has 0 bridgehead atoms. The highest BCUT2D eigenvalue weighted by atomic mass is 15.0. The van der Waals surface area contributed by atoms with E-state index in [9.17, 15) is 0 Å². The van der Waals surface area contributed by atoms with Gasteiger partial charge in [-0.2, -0.15) is 0 Å². The van der Waals surface area contributed by atoms with Crippen LogP contribution in [0.5, 0.6) is 0 Å². The second kappa shape index (κ2) is 5.29. The molecule has 0 aliphatic carbocycles. The quantitative estimate of drug-likeness (QED) is 0.470.